The summed E-state index contributed by atoms with van der Waals surface area (Å²) in [6.45, 7) is 9.81. The van der Waals surface area contributed by atoms with Crippen LogP contribution in [0.3, 0.4) is 0 Å². The van der Waals surface area contributed by atoms with Crippen LogP contribution in [0.15, 0.2) is 46.9 Å². The lowest BCUT2D eigenvalue weighted by Crippen LogP contribution is -2.22. The maximum atomic E-state index is 11.8. The first-order valence-electron chi connectivity index (χ1n) is 8.43. The van der Waals surface area contributed by atoms with Gasteiger partial charge in [0.25, 0.3) is 0 Å². The molecule has 4 heteroatoms. The van der Waals surface area contributed by atoms with Crippen molar-refractivity contribution in [1.82, 2.24) is 10.2 Å². The van der Waals surface area contributed by atoms with E-state index in [2.05, 4.69) is 48.3 Å². The molecule has 0 saturated heterocycles. The Kier molecular flexibility index (Phi) is 6.82. The zero-order valence-corrected chi connectivity index (χ0v) is 14.7. The van der Waals surface area contributed by atoms with Crippen molar-refractivity contribution in [3.05, 3.63) is 65.1 Å². The lowest BCUT2D eigenvalue weighted by Gasteiger charge is -2.18. The van der Waals surface area contributed by atoms with Crippen LogP contribution in [0, 0.1) is 6.92 Å². The summed E-state index contributed by atoms with van der Waals surface area (Å²) in [6.07, 6.45) is 3.17. The van der Waals surface area contributed by atoms with Gasteiger partial charge in [-0.05, 0) is 49.3 Å². The van der Waals surface area contributed by atoms with E-state index in [1.807, 2.05) is 19.1 Å². The molecule has 0 aliphatic heterocycles. The molecular formula is C20H26N2O2. The number of nitrogens with zero attached hydrogens (tertiary/aromatic N) is 1. The van der Waals surface area contributed by atoms with Crippen molar-refractivity contribution >= 4 is 12.0 Å². The zero-order valence-electron chi connectivity index (χ0n) is 14.7. The van der Waals surface area contributed by atoms with Crippen molar-refractivity contribution in [3.63, 3.8) is 0 Å². The van der Waals surface area contributed by atoms with E-state index >= 15 is 0 Å². The molecule has 0 atom stereocenters. The van der Waals surface area contributed by atoms with Gasteiger partial charge in [-0.15, -0.1) is 0 Å². The number of hydrogen-bond donors (Lipinski definition) is 1. The summed E-state index contributed by atoms with van der Waals surface area (Å²) in [6, 6.07) is 12.1. The minimum atomic E-state index is -0.128. The van der Waals surface area contributed by atoms with Crippen LogP contribution in [0.1, 0.15) is 36.5 Å². The fourth-order valence-electron chi connectivity index (χ4n) is 2.42. The molecule has 0 saturated carbocycles. The Morgan fingerprint density at radius 2 is 1.75 bits per heavy atom. The van der Waals surface area contributed by atoms with Crippen LogP contribution in [0.25, 0.3) is 6.08 Å². The molecule has 0 fully saturated rings. The molecule has 2 rings (SSSR count). The molecule has 1 aromatic carbocycles. The molecular weight excluding hydrogens is 300 g/mol. The summed E-state index contributed by atoms with van der Waals surface area (Å²) in [4.78, 5) is 14.2. The monoisotopic (exact) mass is 326 g/mol. The quantitative estimate of drug-likeness (QED) is 0.751. The topological polar surface area (TPSA) is 45.5 Å². The second-order valence-electron chi connectivity index (χ2n) is 5.78. The van der Waals surface area contributed by atoms with Crippen molar-refractivity contribution < 1.29 is 9.21 Å². The number of benzene rings is 1. The number of rotatable bonds is 8. The van der Waals surface area contributed by atoms with Crippen LogP contribution in [0.2, 0.25) is 0 Å². The van der Waals surface area contributed by atoms with Gasteiger partial charge in [0.1, 0.15) is 11.5 Å². The maximum absolute atomic E-state index is 11.8. The van der Waals surface area contributed by atoms with E-state index < -0.39 is 0 Å². The van der Waals surface area contributed by atoms with Crippen molar-refractivity contribution in [1.29, 1.82) is 0 Å². The van der Waals surface area contributed by atoms with Gasteiger partial charge in [-0.1, -0.05) is 38.1 Å². The molecule has 1 aromatic heterocycles. The third-order valence-corrected chi connectivity index (χ3v) is 3.95. The Morgan fingerprint density at radius 3 is 2.33 bits per heavy atom. The average Bonchev–Trinajstić information content (AvgIpc) is 3.02. The molecule has 2 aromatic rings. The van der Waals surface area contributed by atoms with Gasteiger partial charge < -0.3 is 9.73 Å². The number of carbonyl (C=O) groups is 1. The third-order valence-electron chi connectivity index (χ3n) is 3.95. The second-order valence-corrected chi connectivity index (χ2v) is 5.78. The predicted octanol–water partition coefficient (Wildman–Crippen LogP) is 3.76. The summed E-state index contributed by atoms with van der Waals surface area (Å²) >= 11 is 0. The Labute approximate surface area is 144 Å². The smallest absolute Gasteiger partial charge is 0.244 e. The van der Waals surface area contributed by atoms with Crippen molar-refractivity contribution in [2.45, 2.75) is 33.9 Å². The summed E-state index contributed by atoms with van der Waals surface area (Å²) < 4.78 is 5.39. The van der Waals surface area contributed by atoms with E-state index in [0.717, 1.165) is 31.0 Å². The molecule has 4 nitrogen and oxygen atoms in total. The first kappa shape index (κ1) is 18.0. The third kappa shape index (κ3) is 5.70. The van der Waals surface area contributed by atoms with Crippen LogP contribution in [-0.4, -0.2) is 23.9 Å². The number of hydrogen-bond acceptors (Lipinski definition) is 3. The van der Waals surface area contributed by atoms with E-state index in [1.165, 1.54) is 11.6 Å². The highest BCUT2D eigenvalue weighted by molar-refractivity contribution is 5.91. The van der Waals surface area contributed by atoms with Crippen LogP contribution in [0.5, 0.6) is 0 Å². The summed E-state index contributed by atoms with van der Waals surface area (Å²) in [7, 11) is 0. The van der Waals surface area contributed by atoms with Gasteiger partial charge in [0, 0.05) is 19.2 Å². The highest BCUT2D eigenvalue weighted by atomic mass is 16.3. The van der Waals surface area contributed by atoms with Crippen molar-refractivity contribution in [3.8, 4) is 0 Å². The highest BCUT2D eigenvalue weighted by Crippen LogP contribution is 2.09. The Balaban J connectivity index is 1.81. The molecule has 1 amide bonds. The van der Waals surface area contributed by atoms with Gasteiger partial charge in [-0.3, -0.25) is 9.69 Å². The molecule has 0 aliphatic rings. The fraction of sp³-hybridized carbons (Fsp3) is 0.350. The number of carbonyl (C=O) groups excluding carboxylic acids is 1. The molecule has 24 heavy (non-hydrogen) atoms. The van der Waals surface area contributed by atoms with Gasteiger partial charge in [-0.2, -0.15) is 0 Å². The second kappa shape index (κ2) is 9.08. The minimum Gasteiger partial charge on any atom is -0.462 e. The van der Waals surface area contributed by atoms with Gasteiger partial charge in [0.05, 0.1) is 0 Å². The highest BCUT2D eigenvalue weighted by Gasteiger charge is 2.02. The molecule has 128 valence electrons. The molecule has 0 unspecified atom stereocenters. The fourth-order valence-corrected chi connectivity index (χ4v) is 2.42. The zero-order chi connectivity index (χ0) is 17.4. The van der Waals surface area contributed by atoms with Gasteiger partial charge in [0.15, 0.2) is 0 Å². The molecule has 0 aliphatic carbocycles. The molecule has 0 radical (unpaired) electrons. The molecule has 1 N–H and O–H groups in total. The van der Waals surface area contributed by atoms with Crippen LogP contribution in [-0.2, 0) is 17.9 Å². The van der Waals surface area contributed by atoms with Gasteiger partial charge in [-0.25, -0.2) is 0 Å². The van der Waals surface area contributed by atoms with E-state index in [0.29, 0.717) is 12.3 Å². The van der Waals surface area contributed by atoms with E-state index in [4.69, 9.17) is 4.42 Å². The van der Waals surface area contributed by atoms with E-state index in [1.54, 1.807) is 6.08 Å². The SMILES string of the molecule is CCN(CC)Cc1ccc(CNC(=O)/C=C/c2ccc(C)o2)cc1. The van der Waals surface area contributed by atoms with Crippen LogP contribution in [0.4, 0.5) is 0 Å². The van der Waals surface area contributed by atoms with E-state index in [9.17, 15) is 4.79 Å². The largest absolute Gasteiger partial charge is 0.462 e. The minimum absolute atomic E-state index is 0.128. The first-order chi connectivity index (χ1) is 11.6. The average molecular weight is 326 g/mol. The van der Waals surface area contributed by atoms with Crippen LogP contribution >= 0.6 is 0 Å². The Morgan fingerprint density at radius 1 is 1.08 bits per heavy atom. The van der Waals surface area contributed by atoms with Gasteiger partial charge in [0.2, 0.25) is 5.91 Å². The lowest BCUT2D eigenvalue weighted by atomic mass is 10.1. The number of nitrogens with one attached hydrogen (secondary N) is 1. The summed E-state index contributed by atoms with van der Waals surface area (Å²) in [5.74, 6) is 1.39. The number of furan rings is 1. The normalized spacial score (nSPS) is 11.3. The molecule has 0 bridgehead atoms. The first-order valence-corrected chi connectivity index (χ1v) is 8.43. The Hall–Kier alpha value is -2.33. The lowest BCUT2D eigenvalue weighted by molar-refractivity contribution is -0.116. The van der Waals surface area contributed by atoms with Crippen molar-refractivity contribution in [2.75, 3.05) is 13.1 Å². The summed E-state index contributed by atoms with van der Waals surface area (Å²) in [5, 5.41) is 2.88. The van der Waals surface area contributed by atoms with Crippen LogP contribution < -0.4 is 5.32 Å². The standard InChI is InChI=1S/C20H26N2O2/c1-4-22(5-2)15-18-9-7-17(8-10-18)14-21-20(23)13-12-19-11-6-16(3)24-19/h6-13H,4-5,14-15H2,1-3H3,(H,21,23)/b13-12+. The molecule has 1 heterocycles. The predicted molar refractivity (Wildman–Crippen MR) is 97.4 cm³/mol. The number of amides is 1. The Bertz CT molecular complexity index is 667. The molecule has 0 spiro atoms. The number of aryl methyl sites for hydroxylation is 1. The van der Waals surface area contributed by atoms with Gasteiger partial charge >= 0.3 is 0 Å². The maximum Gasteiger partial charge on any atom is 0.244 e. The van der Waals surface area contributed by atoms with Crippen molar-refractivity contribution in [2.24, 2.45) is 0 Å². The summed E-state index contributed by atoms with van der Waals surface area (Å²) in [5.41, 5.74) is 2.38. The van der Waals surface area contributed by atoms with E-state index in [-0.39, 0.29) is 5.91 Å².